The van der Waals surface area contributed by atoms with Gasteiger partial charge in [0, 0.05) is 53.3 Å². The number of pyridine rings is 1. The molecule has 0 spiro atoms. The first kappa shape index (κ1) is 61.7. The Bertz CT molecular complexity index is 2510. The first-order valence-electron chi connectivity index (χ1n) is 26.4. The summed E-state index contributed by atoms with van der Waals surface area (Å²) in [5.74, 6) is -7.48. The normalized spacial score (nSPS) is 23.8. The number of carbonyl (C=O) groups is 8. The molecule has 1 aliphatic heterocycles. The van der Waals surface area contributed by atoms with Crippen molar-refractivity contribution in [2.75, 3.05) is 28.2 Å². The SMILES string of the molecule is CC(C)C[C@H]1C(=O)O[C@H](Cc2ccc(Cn3ccccc3=O)cc2)C(=O)N(C)[C@@H](CC(C)C)C(=O)O[C@H](C)C(=O)N(C)[C@@H](CC(C)C)C(=O)O[C@H](Cc2ccccc2)C(=O)N(C)[C@@H](CC(C)C)C(=O)O[C@H](C)C(=O)N1C. The number of hydrogen-bond donors (Lipinski definition) is 0. The predicted molar refractivity (Wildman–Crippen MR) is 285 cm³/mol. The number of aromatic nitrogens is 1. The van der Waals surface area contributed by atoms with Crippen LogP contribution in [0.15, 0.2) is 83.8 Å². The minimum absolute atomic E-state index is 0.0709. The van der Waals surface area contributed by atoms with Gasteiger partial charge in [0.25, 0.3) is 29.2 Å². The van der Waals surface area contributed by atoms with E-state index in [1.165, 1.54) is 52.7 Å². The van der Waals surface area contributed by atoms with Crippen LogP contribution >= 0.6 is 0 Å². The van der Waals surface area contributed by atoms with Crippen molar-refractivity contribution in [1.82, 2.24) is 24.2 Å². The van der Waals surface area contributed by atoms with Gasteiger partial charge in [-0.25, -0.2) is 19.2 Å². The van der Waals surface area contributed by atoms with Gasteiger partial charge in [-0.3, -0.25) is 24.0 Å². The summed E-state index contributed by atoms with van der Waals surface area (Å²) in [7, 11) is 5.51. The fourth-order valence-electron chi connectivity index (χ4n) is 9.09. The van der Waals surface area contributed by atoms with Crippen LogP contribution in [0, 0.1) is 23.7 Å². The molecule has 1 fully saturated rings. The number of carbonyl (C=O) groups excluding carboxylic acids is 8. The van der Waals surface area contributed by atoms with Crippen LogP contribution in [0.3, 0.4) is 0 Å². The van der Waals surface area contributed by atoms with Crippen molar-refractivity contribution in [3.05, 3.63) is 106 Å². The Hall–Kier alpha value is -6.85. The van der Waals surface area contributed by atoms with E-state index in [0.29, 0.717) is 11.1 Å². The van der Waals surface area contributed by atoms with Crippen molar-refractivity contribution in [3.63, 3.8) is 0 Å². The summed E-state index contributed by atoms with van der Waals surface area (Å²) in [5.41, 5.74) is 1.79. The van der Waals surface area contributed by atoms with Crippen LogP contribution < -0.4 is 5.56 Å². The van der Waals surface area contributed by atoms with Crippen LogP contribution in [0.2, 0.25) is 0 Å². The van der Waals surface area contributed by atoms with Gasteiger partial charge in [0.2, 0.25) is 0 Å². The quantitative estimate of drug-likeness (QED) is 0.137. The fourth-order valence-corrected chi connectivity index (χ4v) is 9.09. The van der Waals surface area contributed by atoms with Gasteiger partial charge in [-0.05, 0) is 86.0 Å². The van der Waals surface area contributed by atoms with Gasteiger partial charge in [-0.2, -0.15) is 0 Å². The molecule has 1 aromatic heterocycles. The lowest BCUT2D eigenvalue weighted by molar-refractivity contribution is -0.176. The highest BCUT2D eigenvalue weighted by atomic mass is 16.6. The number of rotatable bonds is 14. The summed E-state index contributed by atoms with van der Waals surface area (Å²) in [6.45, 7) is 17.7. The Morgan fingerprint density at radius 2 is 0.711 bits per heavy atom. The molecule has 2 heterocycles. The molecule has 1 saturated heterocycles. The number of likely N-dealkylation sites (N-methyl/N-ethyl adjacent to an activating group) is 4. The molecular weight excluding hydrogens is 975 g/mol. The van der Waals surface area contributed by atoms with Crippen molar-refractivity contribution < 1.29 is 57.3 Å². The second-order valence-electron chi connectivity index (χ2n) is 21.8. The van der Waals surface area contributed by atoms with E-state index in [0.717, 1.165) is 25.2 Å². The van der Waals surface area contributed by atoms with Crippen molar-refractivity contribution in [1.29, 1.82) is 0 Å². The number of hydrogen-bond acceptors (Lipinski definition) is 13. The van der Waals surface area contributed by atoms with E-state index in [4.69, 9.17) is 18.9 Å². The monoisotopic (exact) mass is 1060 g/mol. The molecule has 2 aromatic carbocycles. The highest BCUT2D eigenvalue weighted by Gasteiger charge is 2.43. The number of cyclic esters (lactones) is 4. The van der Waals surface area contributed by atoms with Crippen molar-refractivity contribution >= 4 is 47.5 Å². The predicted octanol–water partition coefficient (Wildman–Crippen LogP) is 5.87. The smallest absolute Gasteiger partial charge is 0.329 e. The zero-order chi connectivity index (χ0) is 56.7. The van der Waals surface area contributed by atoms with E-state index in [-0.39, 0.29) is 74.3 Å². The molecule has 4 amide bonds. The van der Waals surface area contributed by atoms with Gasteiger partial charge in [-0.15, -0.1) is 0 Å². The number of ether oxygens (including phenoxy) is 4. The molecule has 0 aliphatic carbocycles. The summed E-state index contributed by atoms with van der Waals surface area (Å²) >= 11 is 0. The van der Waals surface area contributed by atoms with E-state index in [2.05, 4.69) is 0 Å². The second-order valence-corrected chi connectivity index (χ2v) is 21.8. The molecule has 8 atom stereocenters. The molecular formula is C58H81N5O13. The molecule has 4 rings (SSSR count). The van der Waals surface area contributed by atoms with Gasteiger partial charge in [0.05, 0.1) is 6.54 Å². The number of amides is 4. The molecule has 18 heteroatoms. The zero-order valence-corrected chi connectivity index (χ0v) is 46.9. The largest absolute Gasteiger partial charge is 0.451 e. The van der Waals surface area contributed by atoms with Crippen molar-refractivity contribution in [3.8, 4) is 0 Å². The minimum atomic E-state index is -1.56. The van der Waals surface area contributed by atoms with E-state index >= 15 is 0 Å². The lowest BCUT2D eigenvalue weighted by Crippen LogP contribution is -2.55. The molecule has 76 heavy (non-hydrogen) atoms. The minimum Gasteiger partial charge on any atom is -0.451 e. The average Bonchev–Trinajstić information content (AvgIpc) is 3.36. The van der Waals surface area contributed by atoms with Crippen molar-refractivity contribution in [2.24, 2.45) is 23.7 Å². The van der Waals surface area contributed by atoms with Crippen LogP contribution in [-0.4, -0.2) is 148 Å². The van der Waals surface area contributed by atoms with E-state index < -0.39 is 96.1 Å². The highest BCUT2D eigenvalue weighted by Crippen LogP contribution is 2.24. The van der Waals surface area contributed by atoms with E-state index in [9.17, 15) is 43.2 Å². The molecule has 0 saturated carbocycles. The Labute approximate surface area is 448 Å². The molecule has 0 N–H and O–H groups in total. The summed E-state index contributed by atoms with van der Waals surface area (Å²) in [5, 5.41) is 0. The maximum Gasteiger partial charge on any atom is 0.329 e. The van der Waals surface area contributed by atoms with Gasteiger partial charge < -0.3 is 43.1 Å². The molecule has 3 aromatic rings. The molecule has 416 valence electrons. The average molecular weight is 1060 g/mol. The summed E-state index contributed by atoms with van der Waals surface area (Å²) in [6, 6.07) is 15.6. The highest BCUT2D eigenvalue weighted by molar-refractivity contribution is 5.94. The number of benzene rings is 2. The number of nitrogens with zero attached hydrogens (tertiary/aromatic N) is 5. The fraction of sp³-hybridized carbons (Fsp3) is 0.569. The maximum absolute atomic E-state index is 14.9. The standard InChI is InChI=1S/C58H81N5O13/c1-35(2)28-44-55(69)73-40(10)52(66)60(12)47(31-38(7)8)58(72)76-49(33-42-23-25-43(26-24-42)34-63-27-19-18-22-50(63)64)54(68)62(14)45(29-36(3)4)56(70)74-39(9)51(65)59(11)46(30-37(5)6)57(71)75-48(53(67)61(44)13)32-41-20-16-15-17-21-41/h15-27,35-40,44-49H,28-34H2,1-14H3/t39-,40-,44+,45+,46+,47+,48-,49-/m1/s1. The summed E-state index contributed by atoms with van der Waals surface area (Å²) in [6.07, 6.45) is -4.30. The first-order valence-corrected chi connectivity index (χ1v) is 26.4. The molecule has 1 aliphatic rings. The summed E-state index contributed by atoms with van der Waals surface area (Å²) < 4.78 is 25.5. The van der Waals surface area contributed by atoms with Gasteiger partial charge in [0.1, 0.15) is 24.2 Å². The van der Waals surface area contributed by atoms with E-state index in [1.54, 1.807) is 72.9 Å². The Morgan fingerprint density at radius 1 is 0.395 bits per heavy atom. The third kappa shape index (κ3) is 17.3. The van der Waals surface area contributed by atoms with Gasteiger partial charge in [0.15, 0.2) is 24.4 Å². The molecule has 18 nitrogen and oxygen atoms in total. The Kier molecular flexibility index (Phi) is 23.0. The zero-order valence-electron chi connectivity index (χ0n) is 46.9. The molecule has 0 unspecified atom stereocenters. The number of esters is 4. The lowest BCUT2D eigenvalue weighted by atomic mass is 9.99. The van der Waals surface area contributed by atoms with Crippen LogP contribution in [-0.2, 0) is 76.7 Å². The lowest BCUT2D eigenvalue weighted by Gasteiger charge is -2.35. The Morgan fingerprint density at radius 3 is 1.07 bits per heavy atom. The molecule has 0 radical (unpaired) electrons. The topological polar surface area (TPSA) is 208 Å². The second kappa shape index (κ2) is 28.3. The third-order valence-electron chi connectivity index (χ3n) is 13.4. The summed E-state index contributed by atoms with van der Waals surface area (Å²) in [4.78, 5) is 133. The molecule has 0 bridgehead atoms. The first-order chi connectivity index (χ1) is 35.7. The Balaban J connectivity index is 1.86. The van der Waals surface area contributed by atoms with Crippen LogP contribution in [0.25, 0.3) is 0 Å². The van der Waals surface area contributed by atoms with Crippen molar-refractivity contribution in [2.45, 2.75) is 163 Å². The van der Waals surface area contributed by atoms with Gasteiger partial charge >= 0.3 is 23.9 Å². The van der Waals surface area contributed by atoms with Gasteiger partial charge in [-0.1, -0.05) is 116 Å². The maximum atomic E-state index is 14.9. The van der Waals surface area contributed by atoms with Crippen LogP contribution in [0.5, 0.6) is 0 Å². The van der Waals surface area contributed by atoms with Crippen LogP contribution in [0.1, 0.15) is 112 Å². The van der Waals surface area contributed by atoms with Crippen LogP contribution in [0.4, 0.5) is 0 Å². The third-order valence-corrected chi connectivity index (χ3v) is 13.4. The van der Waals surface area contributed by atoms with E-state index in [1.807, 2.05) is 55.4 Å².